The molecule has 100 valence electrons. The van der Waals surface area contributed by atoms with E-state index in [0.717, 1.165) is 17.8 Å². The molecule has 1 aromatic carbocycles. The minimum atomic E-state index is 0.199. The summed E-state index contributed by atoms with van der Waals surface area (Å²) in [5, 5.41) is 1.12. The Bertz CT molecular complexity index is 569. The van der Waals surface area contributed by atoms with Crippen molar-refractivity contribution >= 4 is 11.3 Å². The van der Waals surface area contributed by atoms with Crippen LogP contribution in [0.15, 0.2) is 24.3 Å². The zero-order chi connectivity index (χ0) is 13.4. The van der Waals surface area contributed by atoms with E-state index in [2.05, 4.69) is 38.1 Å². The highest BCUT2D eigenvalue weighted by Gasteiger charge is 2.22. The third-order valence-corrected chi connectivity index (χ3v) is 5.10. The molecule has 0 saturated carbocycles. The number of aryl methyl sites for hydroxylation is 1. The summed E-state index contributed by atoms with van der Waals surface area (Å²) in [6, 6.07) is 8.99. The fourth-order valence-corrected chi connectivity index (χ4v) is 3.74. The molecule has 0 spiro atoms. The van der Waals surface area contributed by atoms with Crippen molar-refractivity contribution < 1.29 is 0 Å². The van der Waals surface area contributed by atoms with E-state index in [1.54, 1.807) is 11.3 Å². The van der Waals surface area contributed by atoms with Crippen LogP contribution in [-0.2, 0) is 6.42 Å². The van der Waals surface area contributed by atoms with Crippen LogP contribution >= 0.6 is 11.3 Å². The number of benzene rings is 1. The van der Waals surface area contributed by atoms with Gasteiger partial charge < -0.3 is 5.73 Å². The molecule has 1 aliphatic rings. The first-order valence-electron chi connectivity index (χ1n) is 7.00. The average Bonchev–Trinajstić information content (AvgIpc) is 2.84. The van der Waals surface area contributed by atoms with Crippen molar-refractivity contribution in [1.82, 2.24) is 4.98 Å². The number of thiazole rings is 1. The van der Waals surface area contributed by atoms with Gasteiger partial charge in [0.2, 0.25) is 0 Å². The predicted molar refractivity (Wildman–Crippen MR) is 81.5 cm³/mol. The lowest BCUT2D eigenvalue weighted by molar-refractivity contribution is 0.573. The number of nitrogens with zero attached hydrogens (tertiary/aromatic N) is 1. The van der Waals surface area contributed by atoms with Crippen molar-refractivity contribution in [2.24, 2.45) is 5.73 Å². The fraction of sp³-hybridized carbons (Fsp3) is 0.438. The highest BCUT2D eigenvalue weighted by molar-refractivity contribution is 7.15. The average molecular weight is 272 g/mol. The summed E-state index contributed by atoms with van der Waals surface area (Å²) in [4.78, 5) is 6.08. The molecular formula is C16H20N2S. The SMILES string of the molecule is CC(C)c1ccc(-c2nc3c(s2)C(N)CCC3)cc1. The van der Waals surface area contributed by atoms with Gasteiger partial charge in [-0.25, -0.2) is 4.98 Å². The fourth-order valence-electron chi connectivity index (χ4n) is 2.59. The molecule has 0 amide bonds. The van der Waals surface area contributed by atoms with E-state index in [4.69, 9.17) is 10.7 Å². The largest absolute Gasteiger partial charge is 0.323 e. The van der Waals surface area contributed by atoms with Gasteiger partial charge in [-0.2, -0.15) is 0 Å². The minimum absolute atomic E-state index is 0.199. The molecule has 2 aromatic rings. The van der Waals surface area contributed by atoms with Gasteiger partial charge in [0.25, 0.3) is 0 Å². The summed E-state index contributed by atoms with van der Waals surface area (Å²) < 4.78 is 0. The van der Waals surface area contributed by atoms with Crippen molar-refractivity contribution in [2.75, 3.05) is 0 Å². The standard InChI is InChI=1S/C16H20N2S/c1-10(2)11-6-8-12(9-7-11)16-18-14-5-3-4-13(17)15(14)19-16/h6-10,13H,3-5,17H2,1-2H3. The van der Waals surface area contributed by atoms with Crippen molar-refractivity contribution in [2.45, 2.75) is 45.1 Å². The number of hydrogen-bond acceptors (Lipinski definition) is 3. The van der Waals surface area contributed by atoms with Crippen LogP contribution in [0.25, 0.3) is 10.6 Å². The zero-order valence-corrected chi connectivity index (χ0v) is 12.3. The van der Waals surface area contributed by atoms with Gasteiger partial charge in [0.15, 0.2) is 0 Å². The molecule has 1 unspecified atom stereocenters. The summed E-state index contributed by atoms with van der Waals surface area (Å²) in [6.45, 7) is 4.44. The van der Waals surface area contributed by atoms with Crippen molar-refractivity contribution in [3.8, 4) is 10.6 Å². The number of fused-ring (bicyclic) bond motifs is 1. The van der Waals surface area contributed by atoms with Crippen LogP contribution in [-0.4, -0.2) is 4.98 Å². The molecule has 3 rings (SSSR count). The predicted octanol–water partition coefficient (Wildman–Crippen LogP) is 4.27. The van der Waals surface area contributed by atoms with Crippen LogP contribution in [0.1, 0.15) is 54.8 Å². The quantitative estimate of drug-likeness (QED) is 0.886. The molecular weight excluding hydrogens is 252 g/mol. The molecule has 0 bridgehead atoms. The molecule has 2 N–H and O–H groups in total. The molecule has 1 heterocycles. The lowest BCUT2D eigenvalue weighted by Gasteiger charge is -2.15. The second kappa shape index (κ2) is 5.06. The topological polar surface area (TPSA) is 38.9 Å². The monoisotopic (exact) mass is 272 g/mol. The molecule has 1 aliphatic carbocycles. The maximum absolute atomic E-state index is 6.17. The third-order valence-electron chi connectivity index (χ3n) is 3.82. The van der Waals surface area contributed by atoms with Crippen LogP contribution in [0.3, 0.4) is 0 Å². The van der Waals surface area contributed by atoms with Gasteiger partial charge in [0, 0.05) is 16.5 Å². The van der Waals surface area contributed by atoms with Gasteiger partial charge in [-0.15, -0.1) is 11.3 Å². The molecule has 1 atom stereocenters. The second-order valence-electron chi connectivity index (χ2n) is 5.61. The van der Waals surface area contributed by atoms with E-state index in [1.165, 1.54) is 28.1 Å². The second-order valence-corrected chi connectivity index (χ2v) is 6.64. The molecule has 0 aliphatic heterocycles. The summed E-state index contributed by atoms with van der Waals surface area (Å²) in [5.74, 6) is 0.576. The molecule has 19 heavy (non-hydrogen) atoms. The van der Waals surface area contributed by atoms with E-state index in [0.29, 0.717) is 5.92 Å². The van der Waals surface area contributed by atoms with E-state index >= 15 is 0 Å². The summed E-state index contributed by atoms with van der Waals surface area (Å²) >= 11 is 1.77. The lowest BCUT2D eigenvalue weighted by Crippen LogP contribution is -2.15. The lowest BCUT2D eigenvalue weighted by atomic mass is 9.99. The van der Waals surface area contributed by atoms with Gasteiger partial charge in [-0.3, -0.25) is 0 Å². The van der Waals surface area contributed by atoms with Gasteiger partial charge in [-0.05, 0) is 30.7 Å². The Balaban J connectivity index is 1.94. The Kier molecular flexibility index (Phi) is 3.42. The van der Waals surface area contributed by atoms with Crippen LogP contribution in [0.5, 0.6) is 0 Å². The van der Waals surface area contributed by atoms with Gasteiger partial charge in [0.1, 0.15) is 5.01 Å². The Morgan fingerprint density at radius 1 is 1.26 bits per heavy atom. The Hall–Kier alpha value is -1.19. The van der Waals surface area contributed by atoms with Crippen LogP contribution in [0, 0.1) is 0 Å². The smallest absolute Gasteiger partial charge is 0.123 e. The molecule has 0 saturated heterocycles. The van der Waals surface area contributed by atoms with Gasteiger partial charge in [-0.1, -0.05) is 38.1 Å². The number of rotatable bonds is 2. The van der Waals surface area contributed by atoms with Crippen molar-refractivity contribution in [3.63, 3.8) is 0 Å². The van der Waals surface area contributed by atoms with Gasteiger partial charge >= 0.3 is 0 Å². The zero-order valence-electron chi connectivity index (χ0n) is 11.5. The maximum Gasteiger partial charge on any atom is 0.123 e. The molecule has 3 heteroatoms. The molecule has 2 nitrogen and oxygen atoms in total. The van der Waals surface area contributed by atoms with Crippen molar-refractivity contribution in [3.05, 3.63) is 40.4 Å². The summed E-state index contributed by atoms with van der Waals surface area (Å²) in [6.07, 6.45) is 3.36. The highest BCUT2D eigenvalue weighted by atomic mass is 32.1. The van der Waals surface area contributed by atoms with E-state index in [-0.39, 0.29) is 6.04 Å². The van der Waals surface area contributed by atoms with Crippen molar-refractivity contribution in [1.29, 1.82) is 0 Å². The van der Waals surface area contributed by atoms with Crippen LogP contribution in [0.4, 0.5) is 0 Å². The first kappa shape index (κ1) is 12.8. The first-order valence-corrected chi connectivity index (χ1v) is 7.82. The van der Waals surface area contributed by atoms with Gasteiger partial charge in [0.05, 0.1) is 5.69 Å². The molecule has 1 aromatic heterocycles. The highest BCUT2D eigenvalue weighted by Crippen LogP contribution is 2.36. The van der Waals surface area contributed by atoms with Crippen LogP contribution < -0.4 is 5.73 Å². The normalized spacial score (nSPS) is 18.6. The summed E-state index contributed by atoms with van der Waals surface area (Å²) in [5.41, 5.74) is 10.00. The van der Waals surface area contributed by atoms with E-state index in [9.17, 15) is 0 Å². The van der Waals surface area contributed by atoms with E-state index in [1.807, 2.05) is 0 Å². The van der Waals surface area contributed by atoms with E-state index < -0.39 is 0 Å². The Morgan fingerprint density at radius 3 is 2.63 bits per heavy atom. The number of nitrogens with two attached hydrogens (primary N) is 1. The van der Waals surface area contributed by atoms with Crippen LogP contribution in [0.2, 0.25) is 0 Å². The Morgan fingerprint density at radius 2 is 2.00 bits per heavy atom. The third kappa shape index (κ3) is 2.45. The summed E-state index contributed by atoms with van der Waals surface area (Å²) in [7, 11) is 0. The number of aromatic nitrogens is 1. The number of hydrogen-bond donors (Lipinski definition) is 1. The minimum Gasteiger partial charge on any atom is -0.323 e. The maximum atomic E-state index is 6.17. The molecule has 0 radical (unpaired) electrons. The first-order chi connectivity index (χ1) is 9.15. The molecule has 0 fully saturated rings. The Labute approximate surface area is 118 Å².